The van der Waals surface area contributed by atoms with E-state index in [1.54, 1.807) is 33.4 Å². The number of benzene rings is 2. The lowest BCUT2D eigenvalue weighted by Gasteiger charge is -2.13. The van der Waals surface area contributed by atoms with Crippen LogP contribution in [-0.2, 0) is 13.6 Å². The van der Waals surface area contributed by atoms with Crippen LogP contribution in [0.25, 0.3) is 11.0 Å². The topological polar surface area (TPSA) is 63.2 Å². The molecule has 1 heterocycles. The van der Waals surface area contributed by atoms with E-state index in [0.29, 0.717) is 22.9 Å². The second-order valence-corrected chi connectivity index (χ2v) is 5.84. The third-order valence-electron chi connectivity index (χ3n) is 3.76. The minimum absolute atomic E-state index is 0.150. The summed E-state index contributed by atoms with van der Waals surface area (Å²) in [6.45, 7) is 0.449. The van der Waals surface area contributed by atoms with Crippen molar-refractivity contribution in [3.05, 3.63) is 59.2 Å². The fraction of sp³-hybridized carbons (Fsp3) is 0.235. The van der Waals surface area contributed by atoms with Crippen LogP contribution in [0.2, 0.25) is 5.02 Å². The average Bonchev–Trinajstić information content (AvgIpc) is 2.80. The van der Waals surface area contributed by atoms with Crippen LogP contribution in [-0.4, -0.2) is 27.0 Å². The lowest BCUT2D eigenvalue weighted by Crippen LogP contribution is -2.30. The number of aliphatic hydroxyl groups is 1. The predicted molar refractivity (Wildman–Crippen MR) is 89.7 cm³/mol. The fourth-order valence-electron chi connectivity index (χ4n) is 2.56. The van der Waals surface area contributed by atoms with Crippen LogP contribution >= 0.6 is 11.6 Å². The zero-order valence-corrected chi connectivity index (χ0v) is 13.5. The smallest absolute Gasteiger partial charge is 0.202 e. The maximum atomic E-state index is 10.2. The Balaban J connectivity index is 1.73. The Morgan fingerprint density at radius 1 is 1.13 bits per heavy atom. The first kappa shape index (κ1) is 15.6. The Bertz CT molecular complexity index is 868. The molecule has 0 aliphatic heterocycles. The lowest BCUT2D eigenvalue weighted by atomic mass is 10.3. The number of aliphatic hydroxyl groups excluding tert-OH is 1. The molecule has 0 bridgehead atoms. The van der Waals surface area contributed by atoms with Crippen LogP contribution in [0, 0.1) is 5.41 Å². The summed E-state index contributed by atoms with van der Waals surface area (Å²) in [4.78, 5) is 0. The molecule has 2 aromatic carbocycles. The van der Waals surface area contributed by atoms with Gasteiger partial charge in [-0.05, 0) is 36.4 Å². The van der Waals surface area contributed by atoms with E-state index in [2.05, 4.69) is 0 Å². The number of hydrogen-bond acceptors (Lipinski definition) is 3. The van der Waals surface area contributed by atoms with Crippen LogP contribution in [0.3, 0.4) is 0 Å². The van der Waals surface area contributed by atoms with E-state index < -0.39 is 6.10 Å². The van der Waals surface area contributed by atoms with Gasteiger partial charge in [0.15, 0.2) is 0 Å². The molecule has 0 unspecified atom stereocenters. The van der Waals surface area contributed by atoms with E-state index in [-0.39, 0.29) is 6.61 Å². The van der Waals surface area contributed by atoms with Gasteiger partial charge in [0.25, 0.3) is 0 Å². The minimum atomic E-state index is -0.717. The van der Waals surface area contributed by atoms with Gasteiger partial charge in [0.1, 0.15) is 18.5 Å². The van der Waals surface area contributed by atoms with Crippen molar-refractivity contribution in [1.82, 2.24) is 9.13 Å². The molecule has 2 N–H and O–H groups in total. The number of rotatable bonds is 5. The SMILES string of the molecule is Cn1c(=N)n(C[C@@H](O)COc2ccc(Cl)cc2)c2ccccc21. The largest absolute Gasteiger partial charge is 0.491 e. The van der Waals surface area contributed by atoms with Gasteiger partial charge in [0.05, 0.1) is 17.6 Å². The molecule has 0 spiro atoms. The van der Waals surface area contributed by atoms with Gasteiger partial charge >= 0.3 is 0 Å². The van der Waals surface area contributed by atoms with Crippen LogP contribution < -0.4 is 10.4 Å². The van der Waals surface area contributed by atoms with E-state index in [4.69, 9.17) is 21.7 Å². The molecule has 23 heavy (non-hydrogen) atoms. The molecule has 6 heteroatoms. The number of halogens is 1. The van der Waals surface area contributed by atoms with E-state index in [9.17, 15) is 5.11 Å². The Kier molecular flexibility index (Phi) is 4.41. The first-order valence-corrected chi connectivity index (χ1v) is 7.69. The normalized spacial score (nSPS) is 12.5. The predicted octanol–water partition coefficient (Wildman–Crippen LogP) is 2.55. The van der Waals surface area contributed by atoms with E-state index >= 15 is 0 Å². The summed E-state index contributed by atoms with van der Waals surface area (Å²) in [7, 11) is 1.84. The first-order chi connectivity index (χ1) is 11.1. The van der Waals surface area contributed by atoms with Gasteiger partial charge in [-0.2, -0.15) is 0 Å². The van der Waals surface area contributed by atoms with Crippen molar-refractivity contribution in [2.45, 2.75) is 12.6 Å². The number of aromatic nitrogens is 2. The molecule has 0 saturated heterocycles. The summed E-state index contributed by atoms with van der Waals surface area (Å²) >= 11 is 5.83. The summed E-state index contributed by atoms with van der Waals surface area (Å²) < 4.78 is 9.14. The van der Waals surface area contributed by atoms with Crippen molar-refractivity contribution in [2.24, 2.45) is 7.05 Å². The number of aryl methyl sites for hydroxylation is 1. The van der Waals surface area contributed by atoms with Gasteiger partial charge in [0, 0.05) is 12.1 Å². The number of fused-ring (bicyclic) bond motifs is 1. The highest BCUT2D eigenvalue weighted by Crippen LogP contribution is 2.16. The van der Waals surface area contributed by atoms with Gasteiger partial charge in [-0.3, -0.25) is 5.41 Å². The fourth-order valence-corrected chi connectivity index (χ4v) is 2.68. The minimum Gasteiger partial charge on any atom is -0.491 e. The van der Waals surface area contributed by atoms with E-state index in [0.717, 1.165) is 11.0 Å². The third-order valence-corrected chi connectivity index (χ3v) is 4.01. The monoisotopic (exact) mass is 331 g/mol. The molecular formula is C17H18ClN3O2. The molecule has 0 aliphatic rings. The van der Waals surface area contributed by atoms with Crippen LogP contribution in [0.15, 0.2) is 48.5 Å². The summed E-state index contributed by atoms with van der Waals surface area (Å²) in [5, 5.41) is 19.1. The maximum absolute atomic E-state index is 10.2. The molecule has 0 saturated carbocycles. The maximum Gasteiger partial charge on any atom is 0.202 e. The lowest BCUT2D eigenvalue weighted by molar-refractivity contribution is 0.0921. The number of ether oxygens (including phenoxy) is 1. The molecule has 3 aromatic rings. The molecule has 0 radical (unpaired) electrons. The Morgan fingerprint density at radius 2 is 1.78 bits per heavy atom. The highest BCUT2D eigenvalue weighted by Gasteiger charge is 2.12. The third kappa shape index (κ3) is 3.25. The van der Waals surface area contributed by atoms with Gasteiger partial charge in [-0.15, -0.1) is 0 Å². The van der Waals surface area contributed by atoms with E-state index in [1.807, 2.05) is 31.3 Å². The first-order valence-electron chi connectivity index (χ1n) is 7.31. The van der Waals surface area contributed by atoms with Crippen molar-refractivity contribution < 1.29 is 9.84 Å². The second kappa shape index (κ2) is 6.48. The van der Waals surface area contributed by atoms with Crippen molar-refractivity contribution >= 4 is 22.6 Å². The molecule has 0 aliphatic carbocycles. The van der Waals surface area contributed by atoms with Crippen molar-refractivity contribution in [3.8, 4) is 5.75 Å². The van der Waals surface area contributed by atoms with Crippen molar-refractivity contribution in [3.63, 3.8) is 0 Å². The molecule has 0 fully saturated rings. The second-order valence-electron chi connectivity index (χ2n) is 5.40. The number of nitrogens with zero attached hydrogens (tertiary/aromatic N) is 2. The summed E-state index contributed by atoms with van der Waals surface area (Å²) in [5.74, 6) is 0.655. The highest BCUT2D eigenvalue weighted by atomic mass is 35.5. The number of hydrogen-bond donors (Lipinski definition) is 2. The van der Waals surface area contributed by atoms with Crippen LogP contribution in [0.1, 0.15) is 0 Å². The quantitative estimate of drug-likeness (QED) is 0.754. The standard InChI is InChI=1S/C17H18ClN3O2/c1-20-15-4-2-3-5-16(15)21(17(20)19)10-13(22)11-23-14-8-6-12(18)7-9-14/h2-9,13,19,22H,10-11H2,1H3/t13-/m1/s1. The van der Waals surface area contributed by atoms with Crippen LogP contribution in [0.5, 0.6) is 5.75 Å². The summed E-state index contributed by atoms with van der Waals surface area (Å²) in [6.07, 6.45) is -0.717. The highest BCUT2D eigenvalue weighted by molar-refractivity contribution is 6.30. The zero-order valence-electron chi connectivity index (χ0n) is 12.7. The molecule has 120 valence electrons. The molecule has 1 aromatic heterocycles. The summed E-state index contributed by atoms with van der Waals surface area (Å²) in [6, 6.07) is 14.8. The Morgan fingerprint density at radius 3 is 2.48 bits per heavy atom. The molecule has 3 rings (SSSR count). The summed E-state index contributed by atoms with van der Waals surface area (Å²) in [5.41, 5.74) is 2.23. The van der Waals surface area contributed by atoms with Crippen LogP contribution in [0.4, 0.5) is 0 Å². The molecule has 5 nitrogen and oxygen atoms in total. The van der Waals surface area contributed by atoms with Gasteiger partial charge in [-0.1, -0.05) is 23.7 Å². The van der Waals surface area contributed by atoms with Gasteiger partial charge in [0.2, 0.25) is 5.62 Å². The molecular weight excluding hydrogens is 314 g/mol. The number of imidazole rings is 1. The van der Waals surface area contributed by atoms with Crippen molar-refractivity contribution in [2.75, 3.05) is 6.61 Å². The van der Waals surface area contributed by atoms with Crippen molar-refractivity contribution in [1.29, 1.82) is 5.41 Å². The average molecular weight is 332 g/mol. The Labute approximate surface area is 138 Å². The van der Waals surface area contributed by atoms with Gasteiger partial charge < -0.3 is 19.0 Å². The Hall–Kier alpha value is -2.24. The molecule has 1 atom stereocenters. The molecule has 0 amide bonds. The number of para-hydroxylation sites is 2. The number of nitrogens with one attached hydrogen (secondary N) is 1. The van der Waals surface area contributed by atoms with Gasteiger partial charge in [-0.25, -0.2) is 0 Å². The zero-order chi connectivity index (χ0) is 16.4. The van der Waals surface area contributed by atoms with E-state index in [1.165, 1.54) is 0 Å².